The summed E-state index contributed by atoms with van der Waals surface area (Å²) in [5, 5.41) is 3.38. The number of rotatable bonds is 5. The van der Waals surface area contributed by atoms with Gasteiger partial charge in [0.25, 0.3) is 0 Å². The molecule has 162 valence electrons. The molecule has 1 amide bonds. The van der Waals surface area contributed by atoms with Crippen LogP contribution in [0.25, 0.3) is 11.3 Å². The molecule has 31 heavy (non-hydrogen) atoms. The molecule has 0 radical (unpaired) electrons. The third-order valence-electron chi connectivity index (χ3n) is 4.60. The molecule has 3 rings (SSSR count). The van der Waals surface area contributed by atoms with E-state index in [2.05, 4.69) is 15.3 Å². The van der Waals surface area contributed by atoms with Crippen LogP contribution in [0.3, 0.4) is 0 Å². The fourth-order valence-electron chi connectivity index (χ4n) is 2.91. The van der Waals surface area contributed by atoms with Gasteiger partial charge in [0.1, 0.15) is 0 Å². The molecule has 1 atom stereocenters. The van der Waals surface area contributed by atoms with E-state index < -0.39 is 23.5 Å². The van der Waals surface area contributed by atoms with Crippen molar-refractivity contribution in [3.8, 4) is 11.3 Å². The summed E-state index contributed by atoms with van der Waals surface area (Å²) in [4.78, 5) is 31.1. The van der Waals surface area contributed by atoms with Crippen LogP contribution in [0.5, 0.6) is 0 Å². The van der Waals surface area contributed by atoms with Crippen molar-refractivity contribution >= 4 is 17.5 Å². The van der Waals surface area contributed by atoms with Gasteiger partial charge in [-0.25, -0.2) is 4.79 Å². The van der Waals surface area contributed by atoms with Gasteiger partial charge in [0.05, 0.1) is 17.3 Å². The van der Waals surface area contributed by atoms with Crippen molar-refractivity contribution < 1.29 is 18.0 Å². The number of aromatic amines is 1. The predicted octanol–water partition coefficient (Wildman–Crippen LogP) is 4.97. The Morgan fingerprint density at radius 1 is 1.06 bits per heavy atom. The molecule has 0 saturated carbocycles. The van der Waals surface area contributed by atoms with Crippen LogP contribution in [0.1, 0.15) is 36.7 Å². The Morgan fingerprint density at radius 2 is 1.68 bits per heavy atom. The van der Waals surface area contributed by atoms with E-state index >= 15 is 0 Å². The standard InChI is InChI=1S/C22H19ClF3N3O2/c1-12(2)20(30)29-19(14-5-9-16(23)10-6-14)18-11-17(27-21(31)28-18)13-3-7-15(8-4-13)22(24,25)26/h3-12,19H,1-2H3,(H,29,30)(H,27,28,31). The lowest BCUT2D eigenvalue weighted by Gasteiger charge is -2.21. The first kappa shape index (κ1) is 22.6. The zero-order valence-corrected chi connectivity index (χ0v) is 17.4. The molecular weight excluding hydrogens is 431 g/mol. The van der Waals surface area contributed by atoms with E-state index in [9.17, 15) is 22.8 Å². The number of H-pyrrole nitrogens is 1. The molecule has 0 aliphatic heterocycles. The lowest BCUT2D eigenvalue weighted by Crippen LogP contribution is -2.34. The number of amides is 1. The highest BCUT2D eigenvalue weighted by atomic mass is 35.5. The largest absolute Gasteiger partial charge is 0.416 e. The van der Waals surface area contributed by atoms with Gasteiger partial charge in [-0.1, -0.05) is 49.7 Å². The van der Waals surface area contributed by atoms with Crippen LogP contribution < -0.4 is 11.0 Å². The van der Waals surface area contributed by atoms with E-state index in [0.717, 1.165) is 12.1 Å². The van der Waals surface area contributed by atoms with Crippen molar-refractivity contribution in [1.82, 2.24) is 15.3 Å². The molecular formula is C22H19ClF3N3O2. The summed E-state index contributed by atoms with van der Waals surface area (Å²) >= 11 is 5.96. The number of nitrogens with zero attached hydrogens (tertiary/aromatic N) is 1. The summed E-state index contributed by atoms with van der Waals surface area (Å²) in [5.41, 5.74) is 0.0372. The topological polar surface area (TPSA) is 74.8 Å². The van der Waals surface area contributed by atoms with Crippen LogP contribution in [0.4, 0.5) is 13.2 Å². The Bertz CT molecular complexity index is 1120. The minimum atomic E-state index is -4.47. The molecule has 0 fully saturated rings. The average molecular weight is 450 g/mol. The summed E-state index contributed by atoms with van der Waals surface area (Å²) in [6, 6.07) is 11.9. The molecule has 3 aromatic rings. The Hall–Kier alpha value is -3.13. The maximum Gasteiger partial charge on any atom is 0.416 e. The van der Waals surface area contributed by atoms with Crippen molar-refractivity contribution in [2.75, 3.05) is 0 Å². The SMILES string of the molecule is CC(C)C(=O)NC(c1ccc(Cl)cc1)c1cc(-c2ccc(C(F)(F)F)cc2)nc(=O)[nH]1. The van der Waals surface area contributed by atoms with Crippen LogP contribution in [0.2, 0.25) is 5.02 Å². The fraction of sp³-hybridized carbons (Fsp3) is 0.227. The van der Waals surface area contributed by atoms with Crippen molar-refractivity contribution in [2.24, 2.45) is 5.92 Å². The first-order chi connectivity index (χ1) is 14.5. The van der Waals surface area contributed by atoms with Crippen molar-refractivity contribution in [2.45, 2.75) is 26.1 Å². The van der Waals surface area contributed by atoms with Gasteiger partial charge < -0.3 is 10.3 Å². The van der Waals surface area contributed by atoms with Gasteiger partial charge in [-0.15, -0.1) is 0 Å². The van der Waals surface area contributed by atoms with Crippen LogP contribution in [0.15, 0.2) is 59.4 Å². The smallest absolute Gasteiger partial charge is 0.343 e. The summed E-state index contributed by atoms with van der Waals surface area (Å²) in [6.45, 7) is 3.47. The lowest BCUT2D eigenvalue weighted by molar-refractivity contribution is -0.137. The van der Waals surface area contributed by atoms with Gasteiger partial charge in [-0.05, 0) is 35.9 Å². The molecule has 1 unspecified atom stereocenters. The predicted molar refractivity (Wildman–Crippen MR) is 112 cm³/mol. The lowest BCUT2D eigenvalue weighted by atomic mass is 10.0. The summed E-state index contributed by atoms with van der Waals surface area (Å²) in [7, 11) is 0. The highest BCUT2D eigenvalue weighted by molar-refractivity contribution is 6.30. The fourth-order valence-corrected chi connectivity index (χ4v) is 3.04. The molecule has 0 aliphatic carbocycles. The highest BCUT2D eigenvalue weighted by Crippen LogP contribution is 2.31. The number of carbonyl (C=O) groups is 1. The van der Waals surface area contributed by atoms with E-state index in [1.54, 1.807) is 38.1 Å². The van der Waals surface area contributed by atoms with Crippen molar-refractivity contribution in [1.29, 1.82) is 0 Å². The number of alkyl halides is 3. The normalized spacial score (nSPS) is 12.6. The first-order valence-electron chi connectivity index (χ1n) is 9.39. The van der Waals surface area contributed by atoms with Crippen LogP contribution in [0, 0.1) is 5.92 Å². The number of halogens is 4. The summed E-state index contributed by atoms with van der Waals surface area (Å²) in [5.74, 6) is -0.550. The van der Waals surface area contributed by atoms with Gasteiger partial charge in [0.15, 0.2) is 0 Å². The zero-order valence-electron chi connectivity index (χ0n) is 16.6. The number of aromatic nitrogens is 2. The van der Waals surface area contributed by atoms with E-state index in [4.69, 9.17) is 11.6 Å². The van der Waals surface area contributed by atoms with Crippen LogP contribution >= 0.6 is 11.6 Å². The second kappa shape index (κ2) is 8.93. The molecule has 2 N–H and O–H groups in total. The zero-order chi connectivity index (χ0) is 22.8. The van der Waals surface area contributed by atoms with Crippen molar-refractivity contribution in [3.05, 3.63) is 86.9 Å². The second-order valence-electron chi connectivity index (χ2n) is 7.25. The third kappa shape index (κ3) is 5.52. The Labute approximate surface area is 181 Å². The Morgan fingerprint density at radius 3 is 2.23 bits per heavy atom. The molecule has 0 bridgehead atoms. The van der Waals surface area contributed by atoms with Crippen LogP contribution in [-0.2, 0) is 11.0 Å². The summed E-state index contributed by atoms with van der Waals surface area (Å²) < 4.78 is 38.5. The third-order valence-corrected chi connectivity index (χ3v) is 4.85. The van der Waals surface area contributed by atoms with Gasteiger partial charge in [-0.3, -0.25) is 4.79 Å². The molecule has 2 aromatic carbocycles. The molecule has 1 heterocycles. The quantitative estimate of drug-likeness (QED) is 0.577. The van der Waals surface area contributed by atoms with Crippen LogP contribution in [-0.4, -0.2) is 15.9 Å². The molecule has 9 heteroatoms. The van der Waals surface area contributed by atoms with E-state index in [-0.39, 0.29) is 17.5 Å². The van der Waals surface area contributed by atoms with E-state index in [0.29, 0.717) is 21.8 Å². The Kier molecular flexibility index (Phi) is 6.50. The van der Waals surface area contributed by atoms with Crippen molar-refractivity contribution in [3.63, 3.8) is 0 Å². The van der Waals surface area contributed by atoms with Gasteiger partial charge in [0, 0.05) is 22.2 Å². The number of carbonyl (C=O) groups excluding carboxylic acids is 1. The highest BCUT2D eigenvalue weighted by Gasteiger charge is 2.30. The summed E-state index contributed by atoms with van der Waals surface area (Å²) in [6.07, 6.45) is -4.47. The molecule has 5 nitrogen and oxygen atoms in total. The Balaban J connectivity index is 2.05. The maximum atomic E-state index is 12.8. The van der Waals surface area contributed by atoms with E-state index in [1.165, 1.54) is 18.2 Å². The number of hydrogen-bond donors (Lipinski definition) is 2. The molecule has 0 spiro atoms. The van der Waals surface area contributed by atoms with Gasteiger partial charge >= 0.3 is 11.9 Å². The van der Waals surface area contributed by atoms with E-state index in [1.807, 2.05) is 0 Å². The monoisotopic (exact) mass is 449 g/mol. The molecule has 0 aliphatic rings. The maximum absolute atomic E-state index is 12.8. The minimum absolute atomic E-state index is 0.185. The number of benzene rings is 2. The molecule has 1 aromatic heterocycles. The van der Waals surface area contributed by atoms with Gasteiger partial charge in [-0.2, -0.15) is 18.2 Å². The van der Waals surface area contributed by atoms with Gasteiger partial charge in [0.2, 0.25) is 5.91 Å². The number of hydrogen-bond acceptors (Lipinski definition) is 3. The minimum Gasteiger partial charge on any atom is -0.343 e. The second-order valence-corrected chi connectivity index (χ2v) is 7.69. The average Bonchev–Trinajstić information content (AvgIpc) is 2.71. The molecule has 0 saturated heterocycles. The first-order valence-corrected chi connectivity index (χ1v) is 9.77. The number of nitrogens with one attached hydrogen (secondary N) is 2.